The van der Waals surface area contributed by atoms with E-state index in [2.05, 4.69) is 0 Å². The number of fused-ring (bicyclic) bond motifs is 1. The van der Waals surface area contributed by atoms with Gasteiger partial charge in [0.05, 0.1) is 20.1 Å². The second-order valence-electron chi connectivity index (χ2n) is 4.49. The summed E-state index contributed by atoms with van der Waals surface area (Å²) in [5, 5.41) is 9.25. The van der Waals surface area contributed by atoms with Crippen LogP contribution in [0.1, 0.15) is 0 Å². The number of halogens is 8. The molecule has 4 nitrogen and oxygen atoms in total. The highest BCUT2D eigenvalue weighted by Crippen LogP contribution is 2.54. The molecular formula is C12HBCl8O4. The van der Waals surface area contributed by atoms with Crippen molar-refractivity contribution in [3.8, 4) is 23.0 Å². The molecule has 25 heavy (non-hydrogen) atoms. The van der Waals surface area contributed by atoms with Crippen LogP contribution in [0.15, 0.2) is 0 Å². The van der Waals surface area contributed by atoms with Gasteiger partial charge in [0.2, 0.25) is 0 Å². The van der Waals surface area contributed by atoms with E-state index in [1.165, 1.54) is 0 Å². The Kier molecular flexibility index (Phi) is 5.71. The second kappa shape index (κ2) is 7.21. The van der Waals surface area contributed by atoms with E-state index < -0.39 is 13.1 Å². The molecule has 0 unspecified atom stereocenters. The zero-order valence-corrected chi connectivity index (χ0v) is 17.3. The van der Waals surface area contributed by atoms with Crippen LogP contribution < -0.4 is 14.0 Å². The molecule has 0 amide bonds. The van der Waals surface area contributed by atoms with Crippen LogP contribution in [0.2, 0.25) is 40.2 Å². The Morgan fingerprint density at radius 2 is 1.00 bits per heavy atom. The topological polar surface area (TPSA) is 47.9 Å². The smallest absolute Gasteiger partial charge is 0.503 e. The summed E-state index contributed by atoms with van der Waals surface area (Å²) in [4.78, 5) is 0. The summed E-state index contributed by atoms with van der Waals surface area (Å²) in [6, 6.07) is 0. The maximum Gasteiger partial charge on any atom is 0.864 e. The Labute approximate surface area is 181 Å². The molecule has 0 saturated carbocycles. The predicted octanol–water partition coefficient (Wildman–Crippen LogP) is 7.45. The SMILES string of the molecule is Oc1c(Cl)c(Cl)c(Cl)c(Cl)c1OB1Oc2c(Cl)c(Cl)c(Cl)c(Cl)c2O1. The number of rotatable bonds is 2. The van der Waals surface area contributed by atoms with Crippen LogP contribution in [0, 0.1) is 0 Å². The van der Waals surface area contributed by atoms with Gasteiger partial charge in [-0.2, -0.15) is 0 Å². The molecule has 0 aromatic heterocycles. The third-order valence-electron chi connectivity index (χ3n) is 3.03. The van der Waals surface area contributed by atoms with E-state index in [9.17, 15) is 5.11 Å². The molecule has 1 aliphatic rings. The summed E-state index contributed by atoms with van der Waals surface area (Å²) in [6.45, 7) is 0. The van der Waals surface area contributed by atoms with Crippen molar-refractivity contribution in [2.24, 2.45) is 0 Å². The highest BCUT2D eigenvalue weighted by atomic mass is 35.5. The molecule has 2 aromatic carbocycles. The lowest BCUT2D eigenvalue weighted by Crippen LogP contribution is -2.32. The number of hydrogen-bond donors (Lipinski definition) is 1. The monoisotopic (exact) mass is 500 g/mol. The first-order valence-electron chi connectivity index (χ1n) is 6.05. The van der Waals surface area contributed by atoms with Gasteiger partial charge in [-0.15, -0.1) is 0 Å². The van der Waals surface area contributed by atoms with Crippen LogP contribution in [0.25, 0.3) is 0 Å². The maximum atomic E-state index is 10.1. The van der Waals surface area contributed by atoms with Crippen molar-refractivity contribution < 1.29 is 19.1 Å². The average Bonchev–Trinajstić information content (AvgIpc) is 3.02. The van der Waals surface area contributed by atoms with E-state index in [1.807, 2.05) is 0 Å². The molecule has 0 radical (unpaired) electrons. The molecule has 0 bridgehead atoms. The molecule has 132 valence electrons. The van der Waals surface area contributed by atoms with Gasteiger partial charge in [-0.25, -0.2) is 0 Å². The molecule has 0 spiro atoms. The van der Waals surface area contributed by atoms with E-state index in [0.29, 0.717) is 0 Å². The largest absolute Gasteiger partial charge is 0.864 e. The van der Waals surface area contributed by atoms with Crippen molar-refractivity contribution in [3.05, 3.63) is 40.2 Å². The summed E-state index contributed by atoms with van der Waals surface area (Å²) >= 11 is 47.6. The van der Waals surface area contributed by atoms with Crippen LogP contribution in [-0.4, -0.2) is 12.4 Å². The Balaban J connectivity index is 1.98. The molecular weight excluding hydrogens is 503 g/mol. The summed E-state index contributed by atoms with van der Waals surface area (Å²) < 4.78 is 16.1. The fourth-order valence-corrected chi connectivity index (χ4v) is 3.65. The van der Waals surface area contributed by atoms with Crippen molar-refractivity contribution >= 4 is 100 Å². The Bertz CT molecular complexity index is 840. The van der Waals surface area contributed by atoms with Crippen molar-refractivity contribution in [3.63, 3.8) is 0 Å². The lowest BCUT2D eigenvalue weighted by atomic mass is 10.2. The number of phenolic OH excluding ortho intramolecular Hbond substituents is 1. The molecule has 2 aromatic rings. The number of hydrogen-bond acceptors (Lipinski definition) is 4. The van der Waals surface area contributed by atoms with Crippen molar-refractivity contribution in [2.45, 2.75) is 0 Å². The maximum absolute atomic E-state index is 10.1. The van der Waals surface area contributed by atoms with Gasteiger partial charge in [0.1, 0.15) is 20.1 Å². The van der Waals surface area contributed by atoms with Crippen molar-refractivity contribution in [1.82, 2.24) is 0 Å². The van der Waals surface area contributed by atoms with Crippen molar-refractivity contribution in [1.29, 1.82) is 0 Å². The highest BCUT2D eigenvalue weighted by molar-refractivity contribution is 6.55. The van der Waals surface area contributed by atoms with Gasteiger partial charge >= 0.3 is 7.32 Å². The molecule has 0 atom stereocenters. The molecule has 0 saturated heterocycles. The highest BCUT2D eigenvalue weighted by Gasteiger charge is 2.43. The average molecular weight is 504 g/mol. The minimum Gasteiger partial charge on any atom is -0.503 e. The molecule has 0 aliphatic carbocycles. The van der Waals surface area contributed by atoms with Gasteiger partial charge < -0.3 is 19.1 Å². The molecule has 13 heteroatoms. The van der Waals surface area contributed by atoms with E-state index in [4.69, 9.17) is 107 Å². The molecule has 1 aliphatic heterocycles. The number of phenols is 1. The van der Waals surface area contributed by atoms with Gasteiger partial charge in [-0.05, 0) is 0 Å². The number of aromatic hydroxyl groups is 1. The lowest BCUT2D eigenvalue weighted by molar-refractivity contribution is 0.338. The van der Waals surface area contributed by atoms with Crippen LogP contribution in [-0.2, 0) is 0 Å². The zero-order chi connectivity index (χ0) is 18.6. The zero-order valence-electron chi connectivity index (χ0n) is 11.3. The van der Waals surface area contributed by atoms with Gasteiger partial charge in [-0.1, -0.05) is 92.8 Å². The molecule has 0 fully saturated rings. The van der Waals surface area contributed by atoms with E-state index >= 15 is 0 Å². The molecule has 1 heterocycles. The minimum absolute atomic E-state index is 0.00726. The second-order valence-corrected chi connectivity index (χ2v) is 7.51. The molecule has 3 rings (SSSR count). The summed E-state index contributed by atoms with van der Waals surface area (Å²) in [6.07, 6.45) is 0. The summed E-state index contributed by atoms with van der Waals surface area (Å²) in [5.41, 5.74) is 0. The number of benzene rings is 2. The fourth-order valence-electron chi connectivity index (χ4n) is 1.87. The third-order valence-corrected chi connectivity index (χ3v) is 6.57. The van der Waals surface area contributed by atoms with Crippen LogP contribution in [0.5, 0.6) is 23.0 Å². The van der Waals surface area contributed by atoms with Gasteiger partial charge in [0.25, 0.3) is 0 Å². The fraction of sp³-hybridized carbons (Fsp3) is 0. The third kappa shape index (κ3) is 3.23. The van der Waals surface area contributed by atoms with E-state index in [1.54, 1.807) is 0 Å². The van der Waals surface area contributed by atoms with Crippen LogP contribution in [0.4, 0.5) is 0 Å². The predicted molar refractivity (Wildman–Crippen MR) is 102 cm³/mol. The minimum atomic E-state index is -1.43. The Morgan fingerprint density at radius 1 is 0.600 bits per heavy atom. The Morgan fingerprint density at radius 3 is 1.48 bits per heavy atom. The Hall–Kier alpha value is 0.0249. The van der Waals surface area contributed by atoms with Crippen molar-refractivity contribution in [2.75, 3.05) is 0 Å². The standard InChI is InChI=1S/C12HBCl8O4/c14-1-2(15)6(19)10(9(22)5(1)18)23-13-24-11-7(20)3(16)4(17)8(21)12(11)25-13/h22H. The van der Waals surface area contributed by atoms with Crippen LogP contribution in [0.3, 0.4) is 0 Å². The van der Waals surface area contributed by atoms with Crippen LogP contribution >= 0.6 is 92.8 Å². The van der Waals surface area contributed by atoms with E-state index in [-0.39, 0.29) is 57.4 Å². The molecule has 1 N–H and O–H groups in total. The van der Waals surface area contributed by atoms with Gasteiger partial charge in [-0.3, -0.25) is 0 Å². The lowest BCUT2D eigenvalue weighted by Gasteiger charge is -2.14. The first-order chi connectivity index (χ1) is 11.6. The first kappa shape index (κ1) is 19.8. The normalized spacial score (nSPS) is 12.7. The first-order valence-corrected chi connectivity index (χ1v) is 9.08. The summed E-state index contributed by atoms with van der Waals surface area (Å²) in [5.74, 6) is -0.860. The summed E-state index contributed by atoms with van der Waals surface area (Å²) in [7, 11) is -1.43. The van der Waals surface area contributed by atoms with Gasteiger partial charge in [0.15, 0.2) is 23.0 Å². The van der Waals surface area contributed by atoms with E-state index in [0.717, 1.165) is 0 Å². The van der Waals surface area contributed by atoms with Gasteiger partial charge in [0, 0.05) is 0 Å². The quantitative estimate of drug-likeness (QED) is 0.263.